The number of nitrogens with one attached hydrogen (secondary N) is 1. The van der Waals surface area contributed by atoms with Gasteiger partial charge in [0, 0.05) is 38.4 Å². The van der Waals surface area contributed by atoms with Gasteiger partial charge in [0.05, 0.1) is 0 Å². The van der Waals surface area contributed by atoms with Crippen molar-refractivity contribution in [3.05, 3.63) is 20.8 Å². The molecule has 96 valence electrons. The molecule has 1 fully saturated rings. The van der Waals surface area contributed by atoms with E-state index in [4.69, 9.17) is 0 Å². The van der Waals surface area contributed by atoms with Gasteiger partial charge in [-0.25, -0.2) is 0 Å². The highest BCUT2D eigenvalue weighted by molar-refractivity contribution is 9.10. The number of hydrogen-bond donors (Lipinski definition) is 1. The van der Waals surface area contributed by atoms with Crippen molar-refractivity contribution in [2.75, 3.05) is 23.8 Å². The third-order valence-electron chi connectivity index (χ3n) is 2.81. The predicted octanol–water partition coefficient (Wildman–Crippen LogP) is 4.40. The van der Waals surface area contributed by atoms with Crippen molar-refractivity contribution in [1.29, 1.82) is 0 Å². The van der Waals surface area contributed by atoms with E-state index in [9.17, 15) is 0 Å². The molecule has 1 aliphatic heterocycles. The van der Waals surface area contributed by atoms with Gasteiger partial charge in [0.2, 0.25) is 0 Å². The number of rotatable bonds is 5. The molecule has 2 heterocycles. The Bertz CT molecular complexity index is 336. The van der Waals surface area contributed by atoms with E-state index < -0.39 is 0 Å². The lowest BCUT2D eigenvalue weighted by molar-refractivity contribution is 0.530. The van der Waals surface area contributed by atoms with E-state index >= 15 is 0 Å². The summed E-state index contributed by atoms with van der Waals surface area (Å²) in [5.74, 6) is 3.88. The van der Waals surface area contributed by atoms with Crippen LogP contribution in [-0.2, 0) is 0 Å². The molecule has 5 heteroatoms. The maximum Gasteiger partial charge on any atom is 0.0468 e. The Morgan fingerprint density at radius 2 is 2.35 bits per heavy atom. The summed E-state index contributed by atoms with van der Waals surface area (Å²) in [5, 5.41) is 8.92. The minimum absolute atomic E-state index is 0.508. The van der Waals surface area contributed by atoms with E-state index in [1.54, 1.807) is 11.3 Å². The minimum Gasteiger partial charge on any atom is -0.309 e. The first-order valence-electron chi connectivity index (χ1n) is 5.97. The Balaban J connectivity index is 2.09. The Morgan fingerprint density at radius 1 is 1.47 bits per heavy atom. The molecule has 2 atom stereocenters. The normalized spacial score (nSPS) is 22.6. The lowest BCUT2D eigenvalue weighted by atomic mass is 10.1. The van der Waals surface area contributed by atoms with E-state index in [0.29, 0.717) is 11.3 Å². The molecule has 2 rings (SSSR count). The fourth-order valence-corrected chi connectivity index (χ4v) is 6.39. The van der Waals surface area contributed by atoms with E-state index in [1.165, 1.54) is 33.7 Å². The Labute approximate surface area is 125 Å². The Morgan fingerprint density at radius 3 is 2.94 bits per heavy atom. The molecule has 0 amide bonds. The van der Waals surface area contributed by atoms with Crippen molar-refractivity contribution < 1.29 is 0 Å². The van der Waals surface area contributed by atoms with E-state index in [2.05, 4.69) is 62.5 Å². The van der Waals surface area contributed by atoms with Crippen LogP contribution in [0.4, 0.5) is 0 Å². The molecule has 1 nitrogen and oxygen atoms in total. The second-order valence-corrected chi connectivity index (χ2v) is 8.19. The molecule has 0 bridgehead atoms. The molecule has 1 aromatic heterocycles. The van der Waals surface area contributed by atoms with Gasteiger partial charge in [0.1, 0.15) is 0 Å². The van der Waals surface area contributed by atoms with Crippen LogP contribution in [0.5, 0.6) is 0 Å². The van der Waals surface area contributed by atoms with Gasteiger partial charge in [-0.2, -0.15) is 34.9 Å². The highest BCUT2D eigenvalue weighted by Crippen LogP contribution is 2.37. The van der Waals surface area contributed by atoms with Crippen LogP contribution in [0.2, 0.25) is 0 Å². The maximum atomic E-state index is 3.72. The first-order chi connectivity index (χ1) is 8.33. The summed E-state index contributed by atoms with van der Waals surface area (Å²) in [7, 11) is 0. The molecule has 2 unspecified atom stereocenters. The molecule has 1 aliphatic rings. The summed E-state index contributed by atoms with van der Waals surface area (Å²) < 4.78 is 1.27. The van der Waals surface area contributed by atoms with Crippen LogP contribution < -0.4 is 5.32 Å². The van der Waals surface area contributed by atoms with Crippen LogP contribution >= 0.6 is 50.8 Å². The molecule has 1 aromatic rings. The van der Waals surface area contributed by atoms with Gasteiger partial charge in [0.25, 0.3) is 0 Å². The van der Waals surface area contributed by atoms with Crippen LogP contribution in [-0.4, -0.2) is 29.1 Å². The molecule has 0 radical (unpaired) electrons. The summed E-state index contributed by atoms with van der Waals surface area (Å²) in [4.78, 5) is 0. The van der Waals surface area contributed by atoms with Crippen molar-refractivity contribution in [3.63, 3.8) is 0 Å². The third-order valence-corrected chi connectivity index (χ3v) is 7.42. The van der Waals surface area contributed by atoms with E-state index in [-0.39, 0.29) is 0 Å². The second kappa shape index (κ2) is 7.43. The molecular formula is C12H18BrNS3. The zero-order valence-corrected chi connectivity index (χ0v) is 14.0. The number of thiophene rings is 1. The molecule has 0 aliphatic carbocycles. The summed E-state index contributed by atoms with van der Waals surface area (Å²) in [6, 6.07) is 0.508. The highest BCUT2D eigenvalue weighted by Gasteiger charge is 2.27. The average molecular weight is 352 g/mol. The fraction of sp³-hybridized carbons (Fsp3) is 0.667. The first-order valence-corrected chi connectivity index (χ1v) is 9.91. The second-order valence-electron chi connectivity index (χ2n) is 4.09. The summed E-state index contributed by atoms with van der Waals surface area (Å²) in [6.45, 7) is 3.34. The average Bonchev–Trinajstić information content (AvgIpc) is 2.78. The van der Waals surface area contributed by atoms with Crippen LogP contribution in [0.1, 0.15) is 24.9 Å². The SMILES string of the molecule is CCCNC(c1cscc1Br)C1CSCCS1. The molecular weight excluding hydrogens is 334 g/mol. The van der Waals surface area contributed by atoms with Crippen molar-refractivity contribution in [3.8, 4) is 0 Å². The first kappa shape index (κ1) is 14.3. The Hall–Kier alpha value is 0.840. The molecule has 0 spiro atoms. The van der Waals surface area contributed by atoms with Crippen molar-refractivity contribution >= 4 is 50.8 Å². The van der Waals surface area contributed by atoms with Gasteiger partial charge >= 0.3 is 0 Å². The third kappa shape index (κ3) is 3.90. The number of thioether (sulfide) groups is 2. The molecule has 0 aromatic carbocycles. The fourth-order valence-electron chi connectivity index (χ4n) is 1.95. The minimum atomic E-state index is 0.508. The lowest BCUT2D eigenvalue weighted by Gasteiger charge is -2.30. The van der Waals surface area contributed by atoms with Gasteiger partial charge in [0.15, 0.2) is 0 Å². The standard InChI is InChI=1S/C12H18BrNS3/c1-2-3-14-12(9-6-16-7-10(9)13)11-8-15-4-5-17-11/h6-7,11-12,14H,2-5,8H2,1H3. The van der Waals surface area contributed by atoms with E-state index in [1.807, 2.05) is 0 Å². The van der Waals surface area contributed by atoms with Gasteiger partial charge in [-0.1, -0.05) is 6.92 Å². The van der Waals surface area contributed by atoms with Gasteiger partial charge in [-0.05, 0) is 39.8 Å². The summed E-state index contributed by atoms with van der Waals surface area (Å²) in [6.07, 6.45) is 1.20. The van der Waals surface area contributed by atoms with Crippen molar-refractivity contribution in [2.24, 2.45) is 0 Å². The molecule has 17 heavy (non-hydrogen) atoms. The van der Waals surface area contributed by atoms with Gasteiger partial charge < -0.3 is 5.32 Å². The Kier molecular flexibility index (Phi) is 6.23. The van der Waals surface area contributed by atoms with Crippen LogP contribution in [0.25, 0.3) is 0 Å². The van der Waals surface area contributed by atoms with Crippen LogP contribution in [0.3, 0.4) is 0 Å². The topological polar surface area (TPSA) is 12.0 Å². The zero-order chi connectivity index (χ0) is 12.1. The quantitative estimate of drug-likeness (QED) is 0.844. The largest absolute Gasteiger partial charge is 0.309 e. The number of hydrogen-bond acceptors (Lipinski definition) is 4. The summed E-state index contributed by atoms with van der Waals surface area (Å²) >= 11 is 9.69. The molecule has 1 saturated heterocycles. The van der Waals surface area contributed by atoms with E-state index in [0.717, 1.165) is 6.54 Å². The maximum absolute atomic E-state index is 3.72. The van der Waals surface area contributed by atoms with Crippen molar-refractivity contribution in [1.82, 2.24) is 5.32 Å². The highest BCUT2D eigenvalue weighted by atomic mass is 79.9. The smallest absolute Gasteiger partial charge is 0.0468 e. The number of halogens is 1. The van der Waals surface area contributed by atoms with Crippen LogP contribution in [0.15, 0.2) is 15.2 Å². The zero-order valence-electron chi connectivity index (χ0n) is 9.95. The molecule has 1 N–H and O–H groups in total. The van der Waals surface area contributed by atoms with Gasteiger partial charge in [-0.15, -0.1) is 0 Å². The monoisotopic (exact) mass is 351 g/mol. The van der Waals surface area contributed by atoms with Crippen LogP contribution in [0, 0.1) is 0 Å². The summed E-state index contributed by atoms with van der Waals surface area (Å²) in [5.41, 5.74) is 1.45. The molecule has 0 saturated carbocycles. The predicted molar refractivity (Wildman–Crippen MR) is 86.6 cm³/mol. The van der Waals surface area contributed by atoms with Crippen molar-refractivity contribution in [2.45, 2.75) is 24.6 Å². The lowest BCUT2D eigenvalue weighted by Crippen LogP contribution is -2.34. The van der Waals surface area contributed by atoms with Gasteiger partial charge in [-0.3, -0.25) is 0 Å².